The third kappa shape index (κ3) is 4.89. The van der Waals surface area contributed by atoms with Gasteiger partial charge in [0.2, 0.25) is 0 Å². The van der Waals surface area contributed by atoms with Crippen LogP contribution in [0.4, 0.5) is 0 Å². The number of unbranched alkanes of at least 4 members (excludes halogenated alkanes) is 1. The van der Waals surface area contributed by atoms with Crippen molar-refractivity contribution in [3.8, 4) is 0 Å². The number of hydrogen-bond acceptors (Lipinski definition) is 12. The third-order valence-corrected chi connectivity index (χ3v) is 13.8. The highest BCUT2D eigenvalue weighted by molar-refractivity contribution is 8.16. The molecule has 0 saturated heterocycles. The van der Waals surface area contributed by atoms with Crippen molar-refractivity contribution in [3.63, 3.8) is 0 Å². The van der Waals surface area contributed by atoms with Gasteiger partial charge in [-0.2, -0.15) is 114 Å². The predicted molar refractivity (Wildman–Crippen MR) is 143 cm³/mol. The predicted octanol–water partition coefficient (Wildman–Crippen LogP) is 4.34. The fourth-order valence-corrected chi connectivity index (χ4v) is 6.15. The van der Waals surface area contributed by atoms with Gasteiger partial charge in [0.05, 0.1) is 4.08 Å². The van der Waals surface area contributed by atoms with Crippen LogP contribution in [0.1, 0.15) is 26.2 Å². The summed E-state index contributed by atoms with van der Waals surface area (Å²) in [6.45, 7) is 2.05. The van der Waals surface area contributed by atoms with Gasteiger partial charge in [0, 0.05) is 5.25 Å². The van der Waals surface area contributed by atoms with E-state index < -0.39 is 26.4 Å². The van der Waals surface area contributed by atoms with Crippen molar-refractivity contribution in [3.05, 3.63) is 0 Å². The van der Waals surface area contributed by atoms with E-state index in [1.807, 2.05) is 6.92 Å². The summed E-state index contributed by atoms with van der Waals surface area (Å²) in [5, 5.41) is 9.06. The van der Waals surface area contributed by atoms with Crippen molar-refractivity contribution < 1.29 is 9.90 Å². The molecule has 0 saturated carbocycles. The lowest BCUT2D eigenvalue weighted by atomic mass is 10.0. The number of hydrogen-bond donors (Lipinski definition) is 12. The van der Waals surface area contributed by atoms with Crippen LogP contribution in [-0.4, -0.2) is 36.7 Å². The summed E-state index contributed by atoms with van der Waals surface area (Å²) in [5.74, 6) is -1.37. The van der Waals surface area contributed by atoms with E-state index in [1.165, 1.54) is 0 Å². The number of rotatable bonds is 9. The van der Waals surface area contributed by atoms with Crippen LogP contribution in [0.3, 0.4) is 0 Å². The van der Waals surface area contributed by atoms with Crippen molar-refractivity contribution >= 4 is 145 Å². The van der Waals surface area contributed by atoms with E-state index in [0.717, 1.165) is 12.8 Å². The lowest BCUT2D eigenvalue weighted by Gasteiger charge is -2.56. The summed E-state index contributed by atoms with van der Waals surface area (Å²) >= 11 is 48.6. The smallest absolute Gasteiger partial charge is 0.332 e. The Morgan fingerprint density at radius 2 is 1.29 bits per heavy atom. The van der Waals surface area contributed by atoms with E-state index in [0.29, 0.717) is 6.42 Å². The Kier molecular flexibility index (Phi) is 10.7. The molecular formula is C11H22O2S11. The molecule has 0 aliphatic carbocycles. The van der Waals surface area contributed by atoms with Crippen LogP contribution in [0.2, 0.25) is 0 Å². The van der Waals surface area contributed by atoms with Gasteiger partial charge in [-0.15, -0.1) is 25.3 Å². The quantitative estimate of drug-likeness (QED) is 0.160. The lowest BCUT2D eigenvalue weighted by Crippen LogP contribution is -2.66. The van der Waals surface area contributed by atoms with Gasteiger partial charge in [0.15, 0.2) is 4.08 Å². The highest BCUT2D eigenvalue weighted by Crippen LogP contribution is 2.65. The zero-order valence-corrected chi connectivity index (χ0v) is 22.3. The standard InChI is InChI=1S/C11H22O2S11/c1-2-3-4-5(14)7(15,16)9(19,20)11(23,24)10(21,22)8(17,18)6(12)13/h5,14-24H,2-4H2,1H3,(H,12,13). The highest BCUT2D eigenvalue weighted by Gasteiger charge is 2.68. The average Bonchev–Trinajstić information content (AvgIpc) is 2.43. The Labute approximate surface area is 204 Å². The van der Waals surface area contributed by atoms with Crippen LogP contribution in [0, 0.1) is 0 Å². The summed E-state index contributed by atoms with van der Waals surface area (Å²) in [4.78, 5) is 11.5. The molecule has 0 fully saturated rings. The molecule has 0 aliphatic heterocycles. The molecule has 0 rings (SSSR count). The molecule has 0 heterocycles. The van der Waals surface area contributed by atoms with E-state index in [9.17, 15) is 9.90 Å². The molecule has 2 nitrogen and oxygen atoms in total. The van der Waals surface area contributed by atoms with Crippen molar-refractivity contribution in [1.82, 2.24) is 0 Å². The highest BCUT2D eigenvalue weighted by atomic mass is 32.2. The summed E-state index contributed by atoms with van der Waals surface area (Å²) in [5.41, 5.74) is 0. The van der Waals surface area contributed by atoms with Gasteiger partial charge >= 0.3 is 5.97 Å². The average molecular weight is 539 g/mol. The minimum Gasteiger partial charge on any atom is -0.480 e. The van der Waals surface area contributed by atoms with E-state index >= 15 is 0 Å². The maximum atomic E-state index is 11.5. The van der Waals surface area contributed by atoms with Crippen molar-refractivity contribution in [2.45, 2.75) is 51.8 Å². The minimum atomic E-state index is -2.02. The van der Waals surface area contributed by atoms with Gasteiger partial charge in [-0.1, -0.05) is 19.8 Å². The molecule has 1 atom stereocenters. The van der Waals surface area contributed by atoms with Gasteiger partial charge in [-0.3, -0.25) is 0 Å². The second-order valence-electron chi connectivity index (χ2n) is 5.38. The molecule has 0 aromatic rings. The largest absolute Gasteiger partial charge is 0.480 e. The Morgan fingerprint density at radius 1 is 0.875 bits per heavy atom. The van der Waals surface area contributed by atoms with Crippen molar-refractivity contribution in [2.75, 3.05) is 0 Å². The zero-order chi connectivity index (χ0) is 19.8. The first kappa shape index (κ1) is 27.3. The topological polar surface area (TPSA) is 37.3 Å². The molecular weight excluding hydrogens is 517 g/mol. The van der Waals surface area contributed by atoms with Crippen LogP contribution in [0.15, 0.2) is 0 Å². The number of carbonyl (C=O) groups is 1. The van der Waals surface area contributed by atoms with Crippen molar-refractivity contribution in [1.29, 1.82) is 0 Å². The molecule has 24 heavy (non-hydrogen) atoms. The first-order chi connectivity index (χ1) is 10.4. The van der Waals surface area contributed by atoms with E-state index in [2.05, 4.69) is 139 Å². The maximum absolute atomic E-state index is 11.5. The molecule has 0 radical (unpaired) electrons. The Hall–Kier alpha value is 3.32. The summed E-state index contributed by atoms with van der Waals surface area (Å²) in [7, 11) is 0. The molecule has 0 amide bonds. The monoisotopic (exact) mass is 538 g/mol. The van der Waals surface area contributed by atoms with E-state index in [-0.39, 0.29) is 5.25 Å². The molecule has 1 unspecified atom stereocenters. The molecule has 13 heteroatoms. The second kappa shape index (κ2) is 9.42. The molecule has 0 aliphatic rings. The second-order valence-corrected chi connectivity index (χ2v) is 14.5. The maximum Gasteiger partial charge on any atom is 0.332 e. The number of carboxylic acids is 1. The third-order valence-electron chi connectivity index (χ3n) is 3.57. The SMILES string of the molecule is CCCCC(S)C(S)(S)C(S)(S)C(S)(S)C(S)(S)C(S)(S)C(=O)O. The normalized spacial score (nSPS) is 16.2. The minimum absolute atomic E-state index is 0.352. The van der Waals surface area contributed by atoms with Crippen LogP contribution < -0.4 is 0 Å². The molecule has 1 N–H and O–H groups in total. The number of thiol groups is 11. The first-order valence-electron chi connectivity index (χ1n) is 6.58. The van der Waals surface area contributed by atoms with E-state index in [1.54, 1.807) is 0 Å². The van der Waals surface area contributed by atoms with Crippen LogP contribution >= 0.6 is 139 Å². The summed E-state index contributed by atoms with van der Waals surface area (Å²) in [6.07, 6.45) is 2.54. The Balaban J connectivity index is 6.02. The van der Waals surface area contributed by atoms with Gasteiger partial charge in [0.1, 0.15) is 12.2 Å². The Bertz CT molecular complexity index is 461. The van der Waals surface area contributed by atoms with Crippen LogP contribution in [0.5, 0.6) is 0 Å². The van der Waals surface area contributed by atoms with E-state index in [4.69, 9.17) is 0 Å². The fraction of sp³-hybridized carbons (Fsp3) is 0.909. The molecule has 0 aromatic heterocycles. The van der Waals surface area contributed by atoms with Crippen LogP contribution in [-0.2, 0) is 4.79 Å². The number of carboxylic acid groups (broad SMARTS) is 1. The summed E-state index contributed by atoms with van der Waals surface area (Å²) in [6, 6.07) is 0. The lowest BCUT2D eigenvalue weighted by molar-refractivity contribution is -0.137. The number of aliphatic carboxylic acids is 1. The molecule has 0 spiro atoms. The van der Waals surface area contributed by atoms with Gasteiger partial charge in [0.25, 0.3) is 0 Å². The summed E-state index contributed by atoms with van der Waals surface area (Å²) < 4.78 is -8.23. The fourth-order valence-electron chi connectivity index (χ4n) is 1.72. The zero-order valence-electron chi connectivity index (χ0n) is 12.5. The van der Waals surface area contributed by atoms with Crippen LogP contribution in [0.25, 0.3) is 0 Å². The van der Waals surface area contributed by atoms with Gasteiger partial charge in [-0.05, 0) is 6.42 Å². The first-order valence-corrected chi connectivity index (χ1v) is 11.6. The van der Waals surface area contributed by atoms with Crippen molar-refractivity contribution in [2.24, 2.45) is 0 Å². The Morgan fingerprint density at radius 3 is 1.62 bits per heavy atom. The molecule has 0 aromatic carbocycles. The van der Waals surface area contributed by atoms with Gasteiger partial charge < -0.3 is 5.11 Å². The van der Waals surface area contributed by atoms with Gasteiger partial charge in [-0.25, -0.2) is 4.79 Å². The molecule has 0 bridgehead atoms. The molecule has 144 valence electrons.